The molecular weight excluding hydrogens is 680 g/mol. The topological polar surface area (TPSA) is 120 Å². The van der Waals surface area contributed by atoms with Crippen molar-refractivity contribution in [1.82, 2.24) is 0 Å². The van der Waals surface area contributed by atoms with Crippen LogP contribution in [0.1, 0.15) is 178 Å². The summed E-state index contributed by atoms with van der Waals surface area (Å²) in [6.45, 7) is 18.9. The third kappa shape index (κ3) is 36.4. The van der Waals surface area contributed by atoms with Crippen LogP contribution in [0, 0.1) is 17.8 Å². The van der Waals surface area contributed by atoms with E-state index >= 15 is 0 Å². The van der Waals surface area contributed by atoms with Gasteiger partial charge in [0.15, 0.2) is 0 Å². The Kier molecular flexibility index (Phi) is 40.4. The Morgan fingerprint density at radius 3 is 0.739 bits per heavy atom. The molecule has 0 N–H and O–H groups in total. The van der Waals surface area contributed by atoms with E-state index in [-0.39, 0.29) is 16.8 Å². The number of hydrogen-bond acceptors (Lipinski definition) is 6. The predicted octanol–water partition coefficient (Wildman–Crippen LogP) is 10.9. The monoisotopic (exact) mass is 758 g/mol. The van der Waals surface area contributed by atoms with Crippen LogP contribution in [0.15, 0.2) is 0 Å². The fraction of sp³-hybridized carbons (Fsp3) is 1.00. The summed E-state index contributed by atoms with van der Waals surface area (Å²) in [5.41, 5.74) is 0. The second-order valence-electron chi connectivity index (χ2n) is 13.5. The fourth-order valence-electron chi connectivity index (χ4n) is 5.40. The average molecular weight is 759 g/mol. The van der Waals surface area contributed by atoms with Crippen molar-refractivity contribution < 1.29 is 45.2 Å². The molecule has 0 aromatic carbocycles. The van der Waals surface area contributed by atoms with Crippen LogP contribution in [-0.4, -0.2) is 37.0 Å². The van der Waals surface area contributed by atoms with Gasteiger partial charge in [0.25, 0.3) is 0 Å². The van der Waals surface area contributed by atoms with Gasteiger partial charge in [0.1, 0.15) is 0 Å². The van der Waals surface area contributed by atoms with Gasteiger partial charge in [-0.05, 0) is 74.0 Å². The Balaban J connectivity index is -0.000000285. The summed E-state index contributed by atoms with van der Waals surface area (Å²) >= 11 is 0. The summed E-state index contributed by atoms with van der Waals surface area (Å²) in [6.07, 6.45) is 21.1. The molecule has 0 heterocycles. The molecule has 0 spiro atoms. The zero-order chi connectivity index (χ0) is 35.2. The van der Waals surface area contributed by atoms with E-state index in [0.29, 0.717) is 54.7 Å². The van der Waals surface area contributed by atoms with Crippen molar-refractivity contribution in [3.63, 3.8) is 0 Å². The molecule has 46 heavy (non-hydrogen) atoms. The average Bonchev–Trinajstić information content (AvgIpc) is 3.00. The molecule has 0 aliphatic rings. The smallest absolute Gasteiger partial charge is 0.799 e. The van der Waals surface area contributed by atoms with Gasteiger partial charge < -0.3 is 28.4 Å². The fourth-order valence-corrected chi connectivity index (χ4v) is 12.0. The minimum absolute atomic E-state index is 0. The Labute approximate surface area is 298 Å². The van der Waals surface area contributed by atoms with Gasteiger partial charge in [0.05, 0.1) is 0 Å². The Bertz CT molecular complexity index is 683. The summed E-state index contributed by atoms with van der Waals surface area (Å²) in [7, 11) is -9.22. The molecule has 10 heteroatoms. The van der Waals surface area contributed by atoms with Crippen molar-refractivity contribution in [2.24, 2.45) is 17.8 Å². The molecule has 0 aromatic heterocycles. The second kappa shape index (κ2) is 34.5. The Morgan fingerprint density at radius 1 is 0.391 bits per heavy atom. The van der Waals surface area contributed by atoms with Crippen molar-refractivity contribution in [2.75, 3.05) is 37.0 Å². The molecule has 0 rings (SSSR count). The summed E-state index contributed by atoms with van der Waals surface area (Å²) in [5.74, 6) is 1.18. The first-order chi connectivity index (χ1) is 21.2. The number of hydrogen-bond donors (Lipinski definition) is 0. The van der Waals surface area contributed by atoms with E-state index in [9.17, 15) is 28.4 Å². The molecule has 6 unspecified atom stereocenters. The third-order valence-electron chi connectivity index (χ3n) is 8.80. The van der Waals surface area contributed by atoms with Gasteiger partial charge in [-0.1, -0.05) is 159 Å². The molecule has 0 fully saturated rings. The van der Waals surface area contributed by atoms with Crippen LogP contribution >= 0.6 is 22.1 Å². The molecule has 0 aromatic rings. The van der Waals surface area contributed by atoms with Gasteiger partial charge in [-0.2, -0.15) is 0 Å². The first-order valence-electron chi connectivity index (χ1n) is 19.0. The molecule has 0 saturated heterocycles. The zero-order valence-electron chi connectivity index (χ0n) is 31.8. The van der Waals surface area contributed by atoms with Gasteiger partial charge in [-0.25, -0.2) is 0 Å². The SMILES string of the molecule is CCCCC(CC)CP(=O)([O-])CCCC.CCCCC(CC)CP(=O)([O-])CCCC.CCCCC(CC)CP(=O)([O-])CCCC.[Co+3]. The third-order valence-corrected chi connectivity index (χ3v) is 15.0. The first-order valence-corrected chi connectivity index (χ1v) is 25.0. The van der Waals surface area contributed by atoms with E-state index in [0.717, 1.165) is 116 Å². The van der Waals surface area contributed by atoms with Gasteiger partial charge in [-0.15, -0.1) is 0 Å². The number of rotatable bonds is 27. The maximum atomic E-state index is 11.7. The summed E-state index contributed by atoms with van der Waals surface area (Å²) in [4.78, 5) is 35.2. The van der Waals surface area contributed by atoms with Gasteiger partial charge >= 0.3 is 16.8 Å². The van der Waals surface area contributed by atoms with Crippen molar-refractivity contribution in [3.8, 4) is 0 Å². The standard InChI is InChI=1S/3C12H27O2P.Co/c3*1-4-7-9-12(6-3)11-15(13,14)10-8-5-2;/h3*12H,4-11H2,1-3H3,(H,13,14);/q;;;+3/p-3. The van der Waals surface area contributed by atoms with Crippen LogP contribution in [0.2, 0.25) is 0 Å². The number of unbranched alkanes of at least 4 members (excludes halogenated alkanes) is 6. The molecule has 0 saturated carbocycles. The predicted molar refractivity (Wildman–Crippen MR) is 197 cm³/mol. The van der Waals surface area contributed by atoms with Crippen LogP contribution in [0.25, 0.3) is 0 Å². The van der Waals surface area contributed by atoms with Crippen molar-refractivity contribution in [2.45, 2.75) is 178 Å². The molecule has 6 atom stereocenters. The van der Waals surface area contributed by atoms with Gasteiger partial charge in [-0.3, -0.25) is 0 Å². The molecule has 0 aliphatic carbocycles. The first kappa shape index (κ1) is 53.9. The zero-order valence-corrected chi connectivity index (χ0v) is 35.6. The summed E-state index contributed by atoms with van der Waals surface area (Å²) < 4.78 is 35.2. The molecular formula is C36H78CoO6P3. The van der Waals surface area contributed by atoms with Crippen molar-refractivity contribution in [1.29, 1.82) is 0 Å². The summed E-state index contributed by atoms with van der Waals surface area (Å²) in [6, 6.07) is 0. The molecule has 0 bridgehead atoms. The van der Waals surface area contributed by atoms with Crippen molar-refractivity contribution >= 4 is 22.1 Å². The second-order valence-corrected chi connectivity index (χ2v) is 20.8. The molecule has 0 amide bonds. The van der Waals surface area contributed by atoms with Crippen LogP contribution in [0.5, 0.6) is 0 Å². The Hall–Kier alpha value is 1.08. The maximum absolute atomic E-state index is 11.7. The van der Waals surface area contributed by atoms with Crippen LogP contribution in [0.4, 0.5) is 0 Å². The van der Waals surface area contributed by atoms with Crippen molar-refractivity contribution in [3.05, 3.63) is 0 Å². The normalized spacial score (nSPS) is 17.0. The van der Waals surface area contributed by atoms with Crippen LogP contribution < -0.4 is 14.7 Å². The maximum Gasteiger partial charge on any atom is 3.00 e. The largest absolute Gasteiger partial charge is 3.00 e. The van der Waals surface area contributed by atoms with E-state index < -0.39 is 22.1 Å². The van der Waals surface area contributed by atoms with Crippen LogP contribution in [0.3, 0.4) is 0 Å². The van der Waals surface area contributed by atoms with E-state index in [1.165, 1.54) is 0 Å². The molecule has 282 valence electrons. The quantitative estimate of drug-likeness (QED) is 0.0769. The van der Waals surface area contributed by atoms with Gasteiger partial charge in [0, 0.05) is 22.1 Å². The van der Waals surface area contributed by atoms with E-state index in [1.54, 1.807) is 0 Å². The van der Waals surface area contributed by atoms with E-state index in [4.69, 9.17) is 0 Å². The summed E-state index contributed by atoms with van der Waals surface area (Å²) in [5, 5.41) is 0. The van der Waals surface area contributed by atoms with Crippen LogP contribution in [-0.2, 0) is 30.5 Å². The van der Waals surface area contributed by atoms with Gasteiger partial charge in [0.2, 0.25) is 0 Å². The minimum atomic E-state index is -3.07. The van der Waals surface area contributed by atoms with E-state index in [1.807, 2.05) is 20.8 Å². The van der Waals surface area contributed by atoms with E-state index in [2.05, 4.69) is 41.5 Å². The Morgan fingerprint density at radius 2 is 0.587 bits per heavy atom. The molecule has 0 aliphatic heterocycles. The molecule has 0 radical (unpaired) electrons. The minimum Gasteiger partial charge on any atom is -0.799 e. The molecule has 6 nitrogen and oxygen atoms in total.